The number of hydrogen-bond donors (Lipinski definition) is 0. The monoisotopic (exact) mass is 279 g/mol. The van der Waals surface area contributed by atoms with E-state index in [-0.39, 0.29) is 11.6 Å². The van der Waals surface area contributed by atoms with Crippen LogP contribution in [0.4, 0.5) is 4.39 Å². The topological polar surface area (TPSA) is 29.5 Å². The third-order valence-corrected chi connectivity index (χ3v) is 3.95. The van der Waals surface area contributed by atoms with Crippen molar-refractivity contribution in [1.82, 2.24) is 4.90 Å². The third-order valence-electron chi connectivity index (χ3n) is 3.95. The fourth-order valence-corrected chi connectivity index (χ4v) is 2.72. The van der Waals surface area contributed by atoms with Crippen molar-refractivity contribution in [3.63, 3.8) is 0 Å². The van der Waals surface area contributed by atoms with Gasteiger partial charge in [-0.25, -0.2) is 4.39 Å². The predicted octanol–water partition coefficient (Wildman–Crippen LogP) is 3.28. The highest BCUT2D eigenvalue weighted by molar-refractivity contribution is 5.96. The van der Waals surface area contributed by atoms with Crippen molar-refractivity contribution in [3.05, 3.63) is 29.6 Å². The fraction of sp³-hybridized carbons (Fsp3) is 0.562. The van der Waals surface area contributed by atoms with Crippen LogP contribution in [-0.4, -0.2) is 36.9 Å². The van der Waals surface area contributed by atoms with E-state index in [1.54, 1.807) is 0 Å². The van der Waals surface area contributed by atoms with Crippen molar-refractivity contribution >= 4 is 5.78 Å². The summed E-state index contributed by atoms with van der Waals surface area (Å²) >= 11 is 0. The first-order valence-corrected chi connectivity index (χ1v) is 7.21. The highest BCUT2D eigenvalue weighted by Gasteiger charge is 2.19. The van der Waals surface area contributed by atoms with Crippen molar-refractivity contribution in [2.45, 2.75) is 38.6 Å². The minimum Gasteiger partial charge on any atom is -0.493 e. The van der Waals surface area contributed by atoms with Gasteiger partial charge in [-0.05, 0) is 51.9 Å². The zero-order valence-corrected chi connectivity index (χ0v) is 12.2. The number of carbonyl (C=O) groups is 1. The molecule has 1 aliphatic rings. The second-order valence-electron chi connectivity index (χ2n) is 5.46. The van der Waals surface area contributed by atoms with E-state index in [2.05, 4.69) is 11.9 Å². The van der Waals surface area contributed by atoms with Gasteiger partial charge in [-0.1, -0.05) is 6.42 Å². The maximum atomic E-state index is 13.3. The molecule has 1 heterocycles. The zero-order valence-electron chi connectivity index (χ0n) is 12.2. The second-order valence-corrected chi connectivity index (χ2v) is 5.46. The Labute approximate surface area is 119 Å². The number of ether oxygens (including phenoxy) is 1. The lowest BCUT2D eigenvalue weighted by atomic mass is 10.0. The Morgan fingerprint density at radius 1 is 1.45 bits per heavy atom. The number of ketones is 1. The standard InChI is InChI=1S/C16H22FNO2/c1-12(19)15-7-6-13(17)11-16(15)20-10-8-14-5-3-4-9-18(14)2/h6-7,11,14H,3-5,8-10H2,1-2H3. The zero-order chi connectivity index (χ0) is 14.5. The Morgan fingerprint density at radius 3 is 2.95 bits per heavy atom. The molecule has 0 aliphatic carbocycles. The fourth-order valence-electron chi connectivity index (χ4n) is 2.72. The summed E-state index contributed by atoms with van der Waals surface area (Å²) in [7, 11) is 2.13. The number of benzene rings is 1. The van der Waals surface area contributed by atoms with Crippen molar-refractivity contribution < 1.29 is 13.9 Å². The molecule has 1 fully saturated rings. The lowest BCUT2D eigenvalue weighted by Gasteiger charge is -2.32. The summed E-state index contributed by atoms with van der Waals surface area (Å²) < 4.78 is 18.9. The van der Waals surface area contributed by atoms with Crippen LogP contribution in [-0.2, 0) is 0 Å². The molecule has 0 aromatic heterocycles. The minimum atomic E-state index is -0.375. The normalized spacial score (nSPS) is 19.9. The Hall–Kier alpha value is -1.42. The van der Waals surface area contributed by atoms with Gasteiger partial charge in [0.05, 0.1) is 12.2 Å². The maximum absolute atomic E-state index is 13.3. The number of piperidine rings is 1. The maximum Gasteiger partial charge on any atom is 0.163 e. The Kier molecular flexibility index (Phi) is 5.12. The average Bonchev–Trinajstić information content (AvgIpc) is 2.41. The van der Waals surface area contributed by atoms with Gasteiger partial charge in [-0.15, -0.1) is 0 Å². The van der Waals surface area contributed by atoms with Crippen molar-refractivity contribution in [1.29, 1.82) is 0 Å². The molecule has 20 heavy (non-hydrogen) atoms. The van der Waals surface area contributed by atoms with Crippen LogP contribution >= 0.6 is 0 Å². The molecule has 1 aromatic rings. The SMILES string of the molecule is CC(=O)c1ccc(F)cc1OCCC1CCCCN1C. The lowest BCUT2D eigenvalue weighted by molar-refractivity contribution is 0.101. The van der Waals surface area contributed by atoms with E-state index < -0.39 is 0 Å². The molecule has 0 bridgehead atoms. The predicted molar refractivity (Wildman–Crippen MR) is 76.8 cm³/mol. The Morgan fingerprint density at radius 2 is 2.25 bits per heavy atom. The quantitative estimate of drug-likeness (QED) is 0.775. The van der Waals surface area contributed by atoms with Gasteiger partial charge < -0.3 is 9.64 Å². The summed E-state index contributed by atoms with van der Waals surface area (Å²) in [5.41, 5.74) is 0.448. The summed E-state index contributed by atoms with van der Waals surface area (Å²) in [4.78, 5) is 13.8. The number of rotatable bonds is 5. The number of carbonyl (C=O) groups excluding carboxylic acids is 1. The van der Waals surface area contributed by atoms with E-state index in [4.69, 9.17) is 4.74 Å². The van der Waals surface area contributed by atoms with E-state index >= 15 is 0 Å². The van der Waals surface area contributed by atoms with Gasteiger partial charge >= 0.3 is 0 Å². The first-order chi connectivity index (χ1) is 9.58. The van der Waals surface area contributed by atoms with Crippen LogP contribution < -0.4 is 4.74 Å². The number of nitrogens with zero attached hydrogens (tertiary/aromatic N) is 1. The van der Waals surface area contributed by atoms with Crippen molar-refractivity contribution in [3.8, 4) is 5.75 Å². The van der Waals surface area contributed by atoms with Crippen molar-refractivity contribution in [2.75, 3.05) is 20.2 Å². The van der Waals surface area contributed by atoms with Crippen LogP contribution in [0.25, 0.3) is 0 Å². The van der Waals surface area contributed by atoms with E-state index in [1.165, 1.54) is 44.4 Å². The van der Waals surface area contributed by atoms with Crippen molar-refractivity contribution in [2.24, 2.45) is 0 Å². The van der Waals surface area contributed by atoms with Gasteiger partial charge in [0, 0.05) is 12.1 Å². The van der Waals surface area contributed by atoms with E-state index in [0.29, 0.717) is 24.0 Å². The van der Waals surface area contributed by atoms with Crippen LogP contribution in [0.5, 0.6) is 5.75 Å². The smallest absolute Gasteiger partial charge is 0.163 e. The largest absolute Gasteiger partial charge is 0.493 e. The molecule has 1 unspecified atom stereocenters. The molecule has 0 saturated carbocycles. The highest BCUT2D eigenvalue weighted by Crippen LogP contribution is 2.22. The van der Waals surface area contributed by atoms with Gasteiger partial charge in [0.2, 0.25) is 0 Å². The second kappa shape index (κ2) is 6.84. The molecule has 0 N–H and O–H groups in total. The highest BCUT2D eigenvalue weighted by atomic mass is 19.1. The minimum absolute atomic E-state index is 0.102. The first kappa shape index (κ1) is 15.0. The molecule has 0 radical (unpaired) electrons. The third kappa shape index (κ3) is 3.79. The summed E-state index contributed by atoms with van der Waals surface area (Å²) in [6.45, 7) is 3.11. The lowest BCUT2D eigenvalue weighted by Crippen LogP contribution is -2.37. The molecule has 2 rings (SSSR count). The van der Waals surface area contributed by atoms with Gasteiger partial charge in [-0.2, -0.15) is 0 Å². The molecule has 1 aromatic carbocycles. The van der Waals surface area contributed by atoms with E-state index in [0.717, 1.165) is 13.0 Å². The van der Waals surface area contributed by atoms with Crippen LogP contribution in [0, 0.1) is 5.82 Å². The molecule has 110 valence electrons. The number of halogens is 1. The van der Waals surface area contributed by atoms with Crippen LogP contribution in [0.1, 0.15) is 43.0 Å². The molecule has 1 aliphatic heterocycles. The summed E-state index contributed by atoms with van der Waals surface area (Å²) in [6.07, 6.45) is 4.60. The average molecular weight is 279 g/mol. The summed E-state index contributed by atoms with van der Waals surface area (Å²) in [6, 6.07) is 4.60. The van der Waals surface area contributed by atoms with Gasteiger partial charge in [-0.3, -0.25) is 4.79 Å². The molecule has 0 spiro atoms. The number of Topliss-reactive ketones (excluding diaryl/α,β-unsaturated/α-hetero) is 1. The molecule has 1 saturated heterocycles. The molecule has 4 heteroatoms. The molecule has 0 amide bonds. The number of likely N-dealkylation sites (tertiary alicyclic amines) is 1. The molecular formula is C16H22FNO2. The number of hydrogen-bond acceptors (Lipinski definition) is 3. The van der Waals surface area contributed by atoms with Gasteiger partial charge in [0.25, 0.3) is 0 Å². The van der Waals surface area contributed by atoms with Crippen LogP contribution in [0.2, 0.25) is 0 Å². The van der Waals surface area contributed by atoms with Gasteiger partial charge in [0.15, 0.2) is 5.78 Å². The van der Waals surface area contributed by atoms with E-state index in [1.807, 2.05) is 0 Å². The van der Waals surface area contributed by atoms with Crippen LogP contribution in [0.15, 0.2) is 18.2 Å². The Balaban J connectivity index is 1.93. The summed E-state index contributed by atoms with van der Waals surface area (Å²) in [5.74, 6) is -0.120. The summed E-state index contributed by atoms with van der Waals surface area (Å²) in [5, 5.41) is 0. The Bertz CT molecular complexity index is 476. The molecule has 3 nitrogen and oxygen atoms in total. The van der Waals surface area contributed by atoms with Crippen LogP contribution in [0.3, 0.4) is 0 Å². The first-order valence-electron chi connectivity index (χ1n) is 7.21. The molecular weight excluding hydrogens is 257 g/mol. The molecule has 1 atom stereocenters. The van der Waals surface area contributed by atoms with Gasteiger partial charge in [0.1, 0.15) is 11.6 Å². The van der Waals surface area contributed by atoms with E-state index in [9.17, 15) is 9.18 Å².